The van der Waals surface area contributed by atoms with Gasteiger partial charge in [0.1, 0.15) is 0 Å². The third-order valence-corrected chi connectivity index (χ3v) is 3.16. The summed E-state index contributed by atoms with van der Waals surface area (Å²) in [6, 6.07) is 0.560. The molecule has 1 aliphatic rings. The van der Waals surface area contributed by atoms with Gasteiger partial charge in [-0.1, -0.05) is 12.8 Å². The first-order valence-electron chi connectivity index (χ1n) is 5.74. The van der Waals surface area contributed by atoms with Gasteiger partial charge in [0.05, 0.1) is 5.69 Å². The summed E-state index contributed by atoms with van der Waals surface area (Å²) in [6.07, 6.45) is 7.03. The van der Waals surface area contributed by atoms with Crippen LogP contribution in [-0.4, -0.2) is 22.4 Å². The lowest BCUT2D eigenvalue weighted by molar-refractivity contribution is 0.606. The third kappa shape index (κ3) is 2.08. The van der Waals surface area contributed by atoms with E-state index in [0.717, 1.165) is 18.1 Å². The SMILES string of the molecule is CC1CCCCCN1c1nn(C)cc1N. The number of hydrogen-bond acceptors (Lipinski definition) is 3. The van der Waals surface area contributed by atoms with E-state index in [1.54, 1.807) is 4.68 Å². The Balaban J connectivity index is 2.23. The predicted molar refractivity (Wildman–Crippen MR) is 62.9 cm³/mol. The number of nitrogens with zero attached hydrogens (tertiary/aromatic N) is 3. The van der Waals surface area contributed by atoms with Gasteiger partial charge in [-0.15, -0.1) is 0 Å². The molecule has 1 atom stereocenters. The van der Waals surface area contributed by atoms with Crippen LogP contribution in [0.2, 0.25) is 0 Å². The van der Waals surface area contributed by atoms with E-state index in [-0.39, 0.29) is 0 Å². The Kier molecular flexibility index (Phi) is 2.84. The lowest BCUT2D eigenvalue weighted by atomic mass is 10.1. The van der Waals surface area contributed by atoms with Crippen molar-refractivity contribution >= 4 is 11.5 Å². The first-order valence-corrected chi connectivity index (χ1v) is 5.74. The molecule has 0 spiro atoms. The van der Waals surface area contributed by atoms with Gasteiger partial charge in [-0.2, -0.15) is 5.10 Å². The smallest absolute Gasteiger partial charge is 0.174 e. The van der Waals surface area contributed by atoms with Gasteiger partial charge < -0.3 is 10.6 Å². The zero-order chi connectivity index (χ0) is 10.8. The van der Waals surface area contributed by atoms with Crippen LogP contribution in [0.5, 0.6) is 0 Å². The summed E-state index contributed by atoms with van der Waals surface area (Å²) >= 11 is 0. The van der Waals surface area contributed by atoms with Crippen LogP contribution < -0.4 is 10.6 Å². The first-order chi connectivity index (χ1) is 7.18. The lowest BCUT2D eigenvalue weighted by Gasteiger charge is -2.27. The molecule has 0 radical (unpaired) electrons. The summed E-state index contributed by atoms with van der Waals surface area (Å²) in [6.45, 7) is 3.35. The Morgan fingerprint density at radius 3 is 2.87 bits per heavy atom. The maximum absolute atomic E-state index is 5.96. The fourth-order valence-electron chi connectivity index (χ4n) is 2.31. The fraction of sp³-hybridized carbons (Fsp3) is 0.727. The van der Waals surface area contributed by atoms with Crippen LogP contribution >= 0.6 is 0 Å². The Bertz CT molecular complexity index is 331. The molecule has 1 aromatic heterocycles. The number of hydrogen-bond donors (Lipinski definition) is 1. The second-order valence-electron chi connectivity index (χ2n) is 4.47. The molecule has 15 heavy (non-hydrogen) atoms. The Hall–Kier alpha value is -1.19. The van der Waals surface area contributed by atoms with Gasteiger partial charge in [-0.05, 0) is 19.8 Å². The lowest BCUT2D eigenvalue weighted by Crippen LogP contribution is -2.33. The van der Waals surface area contributed by atoms with Crippen LogP contribution in [0.4, 0.5) is 11.5 Å². The van der Waals surface area contributed by atoms with Gasteiger partial charge in [0.25, 0.3) is 0 Å². The highest BCUT2D eigenvalue weighted by molar-refractivity contribution is 5.62. The highest BCUT2D eigenvalue weighted by Crippen LogP contribution is 2.26. The molecule has 1 saturated heterocycles. The monoisotopic (exact) mass is 208 g/mol. The van der Waals surface area contributed by atoms with E-state index in [1.807, 2.05) is 13.2 Å². The Morgan fingerprint density at radius 2 is 2.20 bits per heavy atom. The highest BCUT2D eigenvalue weighted by Gasteiger charge is 2.21. The molecule has 0 amide bonds. The minimum Gasteiger partial charge on any atom is -0.394 e. The average molecular weight is 208 g/mol. The van der Waals surface area contributed by atoms with Crippen molar-refractivity contribution in [3.8, 4) is 0 Å². The van der Waals surface area contributed by atoms with E-state index in [4.69, 9.17) is 5.73 Å². The molecule has 0 bridgehead atoms. The van der Waals surface area contributed by atoms with Gasteiger partial charge in [-0.3, -0.25) is 4.68 Å². The molecular formula is C11H20N4. The summed E-state index contributed by atoms with van der Waals surface area (Å²) < 4.78 is 1.79. The zero-order valence-corrected chi connectivity index (χ0v) is 9.61. The maximum atomic E-state index is 5.96. The summed E-state index contributed by atoms with van der Waals surface area (Å²) in [5, 5.41) is 4.44. The molecular weight excluding hydrogens is 188 g/mol. The number of nitrogen functional groups attached to an aromatic ring is 1. The number of anilines is 2. The first kappa shape index (κ1) is 10.3. The van der Waals surface area contributed by atoms with Crippen molar-refractivity contribution in [2.45, 2.75) is 38.6 Å². The quantitative estimate of drug-likeness (QED) is 0.765. The molecule has 2 N–H and O–H groups in total. The molecule has 4 heteroatoms. The second-order valence-corrected chi connectivity index (χ2v) is 4.47. The summed E-state index contributed by atoms with van der Waals surface area (Å²) in [4.78, 5) is 2.35. The summed E-state index contributed by atoms with van der Waals surface area (Å²) in [7, 11) is 1.92. The van der Waals surface area contributed by atoms with Gasteiger partial charge in [0.2, 0.25) is 0 Å². The molecule has 0 aromatic carbocycles. The molecule has 84 valence electrons. The van der Waals surface area contributed by atoms with Gasteiger partial charge >= 0.3 is 0 Å². The van der Waals surface area contributed by atoms with Crippen molar-refractivity contribution in [1.82, 2.24) is 9.78 Å². The summed E-state index contributed by atoms with van der Waals surface area (Å²) in [5.41, 5.74) is 6.76. The minimum absolute atomic E-state index is 0.560. The number of aromatic nitrogens is 2. The molecule has 2 rings (SSSR count). The predicted octanol–water partition coefficient (Wildman–Crippen LogP) is 1.77. The second kappa shape index (κ2) is 4.13. The molecule has 0 saturated carbocycles. The Labute approximate surface area is 91.1 Å². The molecule has 0 aliphatic carbocycles. The topological polar surface area (TPSA) is 47.1 Å². The van der Waals surface area contributed by atoms with E-state index in [0.29, 0.717) is 6.04 Å². The van der Waals surface area contributed by atoms with Crippen LogP contribution in [0.1, 0.15) is 32.6 Å². The van der Waals surface area contributed by atoms with Crippen molar-refractivity contribution < 1.29 is 0 Å². The van der Waals surface area contributed by atoms with Crippen molar-refractivity contribution in [2.24, 2.45) is 7.05 Å². The van der Waals surface area contributed by atoms with Crippen molar-refractivity contribution in [1.29, 1.82) is 0 Å². The van der Waals surface area contributed by atoms with Crippen molar-refractivity contribution in [3.05, 3.63) is 6.20 Å². The number of rotatable bonds is 1. The minimum atomic E-state index is 0.560. The van der Waals surface area contributed by atoms with Crippen molar-refractivity contribution in [2.75, 3.05) is 17.2 Å². The van der Waals surface area contributed by atoms with Crippen LogP contribution in [-0.2, 0) is 7.05 Å². The van der Waals surface area contributed by atoms with Gasteiger partial charge in [0, 0.05) is 25.8 Å². The van der Waals surface area contributed by atoms with E-state index < -0.39 is 0 Å². The summed E-state index contributed by atoms with van der Waals surface area (Å²) in [5.74, 6) is 0.965. The Morgan fingerprint density at radius 1 is 1.40 bits per heavy atom. The standard InChI is InChI=1S/C11H20N4/c1-9-6-4-3-5-7-15(9)11-10(12)8-14(2)13-11/h8-9H,3-7,12H2,1-2H3. The van der Waals surface area contributed by atoms with E-state index in [2.05, 4.69) is 16.9 Å². The maximum Gasteiger partial charge on any atom is 0.174 e. The molecule has 1 unspecified atom stereocenters. The van der Waals surface area contributed by atoms with Crippen LogP contribution in [0.3, 0.4) is 0 Å². The van der Waals surface area contributed by atoms with E-state index >= 15 is 0 Å². The van der Waals surface area contributed by atoms with E-state index in [9.17, 15) is 0 Å². The number of nitrogens with two attached hydrogens (primary N) is 1. The van der Waals surface area contributed by atoms with Gasteiger partial charge in [0.15, 0.2) is 5.82 Å². The molecule has 1 aromatic rings. The number of aryl methyl sites for hydroxylation is 1. The average Bonchev–Trinajstić information content (AvgIpc) is 2.39. The van der Waals surface area contributed by atoms with Crippen LogP contribution in [0, 0.1) is 0 Å². The van der Waals surface area contributed by atoms with Crippen LogP contribution in [0.25, 0.3) is 0 Å². The zero-order valence-electron chi connectivity index (χ0n) is 9.61. The van der Waals surface area contributed by atoms with E-state index in [1.165, 1.54) is 25.7 Å². The molecule has 1 fully saturated rings. The third-order valence-electron chi connectivity index (χ3n) is 3.16. The molecule has 1 aliphatic heterocycles. The largest absolute Gasteiger partial charge is 0.394 e. The van der Waals surface area contributed by atoms with Crippen LogP contribution in [0.15, 0.2) is 6.20 Å². The molecule has 4 nitrogen and oxygen atoms in total. The van der Waals surface area contributed by atoms with Gasteiger partial charge in [-0.25, -0.2) is 0 Å². The highest BCUT2D eigenvalue weighted by atomic mass is 15.4. The van der Waals surface area contributed by atoms with Crippen molar-refractivity contribution in [3.63, 3.8) is 0 Å². The molecule has 2 heterocycles. The fourth-order valence-corrected chi connectivity index (χ4v) is 2.31. The normalized spacial score (nSPS) is 22.8.